The molecule has 0 aliphatic heterocycles. The predicted molar refractivity (Wildman–Crippen MR) is 93.1 cm³/mol. The molecule has 0 fully saturated rings. The van der Waals surface area contributed by atoms with Crippen LogP contribution >= 0.6 is 0 Å². The molecule has 0 aliphatic rings. The molecule has 0 N–H and O–H groups in total. The Labute approximate surface area is 130 Å². The number of nitrogens with zero attached hydrogens (tertiary/aromatic N) is 1. The van der Waals surface area contributed by atoms with E-state index < -0.39 is 0 Å². The van der Waals surface area contributed by atoms with Gasteiger partial charge >= 0.3 is 0 Å². The van der Waals surface area contributed by atoms with Crippen LogP contribution in [0, 0.1) is 13.8 Å². The molecule has 0 bridgehead atoms. The number of ether oxygens (including phenoxy) is 1. The number of hydrogen-bond acceptors (Lipinski definition) is 2. The SMILES string of the molecule is C=Cc1cc(C)c(OCCCN(CCC)CCC)c(C)c1. The van der Waals surface area contributed by atoms with Crippen molar-refractivity contribution in [2.45, 2.75) is 47.0 Å². The van der Waals surface area contributed by atoms with Crippen LogP contribution in [0.15, 0.2) is 18.7 Å². The van der Waals surface area contributed by atoms with E-state index in [2.05, 4.69) is 51.3 Å². The summed E-state index contributed by atoms with van der Waals surface area (Å²) in [4.78, 5) is 2.53. The van der Waals surface area contributed by atoms with Gasteiger partial charge in [-0.15, -0.1) is 0 Å². The van der Waals surface area contributed by atoms with Crippen molar-refractivity contribution in [1.29, 1.82) is 0 Å². The van der Waals surface area contributed by atoms with Crippen LogP contribution < -0.4 is 4.74 Å². The van der Waals surface area contributed by atoms with E-state index in [1.54, 1.807) is 0 Å². The fraction of sp³-hybridized carbons (Fsp3) is 0.579. The Morgan fingerprint density at radius 2 is 1.62 bits per heavy atom. The van der Waals surface area contributed by atoms with Crippen molar-refractivity contribution >= 4 is 6.08 Å². The first kappa shape index (κ1) is 17.8. The van der Waals surface area contributed by atoms with Crippen LogP contribution in [0.4, 0.5) is 0 Å². The lowest BCUT2D eigenvalue weighted by atomic mass is 10.1. The number of aryl methyl sites for hydroxylation is 2. The van der Waals surface area contributed by atoms with Gasteiger partial charge in [-0.05, 0) is 75.0 Å². The molecule has 1 aromatic rings. The van der Waals surface area contributed by atoms with Crippen molar-refractivity contribution in [3.8, 4) is 5.75 Å². The van der Waals surface area contributed by atoms with E-state index in [1.807, 2.05) is 6.08 Å². The highest BCUT2D eigenvalue weighted by atomic mass is 16.5. The highest BCUT2D eigenvalue weighted by Gasteiger charge is 2.06. The average molecular weight is 289 g/mol. The highest BCUT2D eigenvalue weighted by molar-refractivity contribution is 5.54. The minimum atomic E-state index is 0.791. The molecule has 0 aliphatic carbocycles. The molecule has 0 amide bonds. The van der Waals surface area contributed by atoms with Gasteiger partial charge in [0.15, 0.2) is 0 Å². The van der Waals surface area contributed by atoms with Crippen LogP contribution in [0.2, 0.25) is 0 Å². The molecule has 0 unspecified atom stereocenters. The quantitative estimate of drug-likeness (QED) is 0.572. The Morgan fingerprint density at radius 1 is 1.05 bits per heavy atom. The van der Waals surface area contributed by atoms with E-state index in [0.29, 0.717) is 0 Å². The third-order valence-electron chi connectivity index (χ3n) is 3.66. The minimum Gasteiger partial charge on any atom is -0.493 e. The molecule has 1 rings (SSSR count). The molecule has 0 radical (unpaired) electrons. The van der Waals surface area contributed by atoms with Gasteiger partial charge in [0.05, 0.1) is 6.61 Å². The van der Waals surface area contributed by atoms with Gasteiger partial charge in [0.1, 0.15) is 5.75 Å². The molecular weight excluding hydrogens is 258 g/mol. The summed E-state index contributed by atoms with van der Waals surface area (Å²) >= 11 is 0. The van der Waals surface area contributed by atoms with Gasteiger partial charge < -0.3 is 9.64 Å². The molecule has 2 nitrogen and oxygen atoms in total. The van der Waals surface area contributed by atoms with Gasteiger partial charge in [0.25, 0.3) is 0 Å². The largest absolute Gasteiger partial charge is 0.493 e. The maximum Gasteiger partial charge on any atom is 0.125 e. The van der Waals surface area contributed by atoms with Gasteiger partial charge in [-0.3, -0.25) is 0 Å². The molecule has 0 heterocycles. The number of hydrogen-bond donors (Lipinski definition) is 0. The lowest BCUT2D eigenvalue weighted by Gasteiger charge is -2.21. The van der Waals surface area contributed by atoms with Crippen LogP contribution in [0.25, 0.3) is 6.08 Å². The first-order chi connectivity index (χ1) is 10.1. The summed E-state index contributed by atoms with van der Waals surface area (Å²) in [6, 6.07) is 4.27. The molecule has 0 atom stereocenters. The zero-order chi connectivity index (χ0) is 15.7. The monoisotopic (exact) mass is 289 g/mol. The minimum absolute atomic E-state index is 0.791. The van der Waals surface area contributed by atoms with E-state index in [0.717, 1.165) is 30.9 Å². The molecule has 0 aromatic heterocycles. The van der Waals surface area contributed by atoms with Crippen LogP contribution in [0.1, 0.15) is 49.8 Å². The van der Waals surface area contributed by atoms with Crippen LogP contribution in [-0.4, -0.2) is 31.1 Å². The zero-order valence-electron chi connectivity index (χ0n) is 14.2. The summed E-state index contributed by atoms with van der Waals surface area (Å²) in [6.07, 6.45) is 5.42. The van der Waals surface area contributed by atoms with Gasteiger partial charge in [0, 0.05) is 6.54 Å². The molecule has 0 spiro atoms. The Balaban J connectivity index is 2.47. The smallest absolute Gasteiger partial charge is 0.125 e. The van der Waals surface area contributed by atoms with Gasteiger partial charge in [0.2, 0.25) is 0 Å². The maximum absolute atomic E-state index is 6.01. The van der Waals surface area contributed by atoms with Crippen molar-refractivity contribution in [2.24, 2.45) is 0 Å². The zero-order valence-corrected chi connectivity index (χ0v) is 14.2. The van der Waals surface area contributed by atoms with Crippen LogP contribution in [0.3, 0.4) is 0 Å². The molecule has 2 heteroatoms. The lowest BCUT2D eigenvalue weighted by molar-refractivity contribution is 0.233. The van der Waals surface area contributed by atoms with Crippen molar-refractivity contribution in [3.05, 3.63) is 35.4 Å². The Kier molecular flexibility index (Phi) is 8.14. The normalized spacial score (nSPS) is 10.9. The molecule has 0 saturated carbocycles. The summed E-state index contributed by atoms with van der Waals surface area (Å²) in [5, 5.41) is 0. The maximum atomic E-state index is 6.01. The van der Waals surface area contributed by atoms with Crippen molar-refractivity contribution < 1.29 is 4.74 Å². The number of rotatable bonds is 10. The van der Waals surface area contributed by atoms with Gasteiger partial charge in [-0.2, -0.15) is 0 Å². The lowest BCUT2D eigenvalue weighted by Crippen LogP contribution is -2.27. The Hall–Kier alpha value is -1.28. The van der Waals surface area contributed by atoms with Gasteiger partial charge in [-0.25, -0.2) is 0 Å². The average Bonchev–Trinajstić information content (AvgIpc) is 2.45. The number of benzene rings is 1. The topological polar surface area (TPSA) is 12.5 Å². The summed E-state index contributed by atoms with van der Waals surface area (Å²) in [5.74, 6) is 1.04. The summed E-state index contributed by atoms with van der Waals surface area (Å²) < 4.78 is 6.01. The van der Waals surface area contributed by atoms with E-state index >= 15 is 0 Å². The Morgan fingerprint density at radius 3 is 2.10 bits per heavy atom. The fourth-order valence-corrected chi connectivity index (χ4v) is 2.76. The summed E-state index contributed by atoms with van der Waals surface area (Å²) in [7, 11) is 0. The third-order valence-corrected chi connectivity index (χ3v) is 3.66. The van der Waals surface area contributed by atoms with E-state index in [9.17, 15) is 0 Å². The van der Waals surface area contributed by atoms with Gasteiger partial charge in [-0.1, -0.05) is 26.5 Å². The highest BCUT2D eigenvalue weighted by Crippen LogP contribution is 2.25. The molecule has 21 heavy (non-hydrogen) atoms. The first-order valence-electron chi connectivity index (χ1n) is 8.21. The second-order valence-corrected chi connectivity index (χ2v) is 5.73. The van der Waals surface area contributed by atoms with Crippen molar-refractivity contribution in [3.63, 3.8) is 0 Å². The van der Waals surface area contributed by atoms with Crippen molar-refractivity contribution in [2.75, 3.05) is 26.2 Å². The van der Waals surface area contributed by atoms with E-state index in [-0.39, 0.29) is 0 Å². The van der Waals surface area contributed by atoms with Crippen molar-refractivity contribution in [1.82, 2.24) is 4.90 Å². The Bertz CT molecular complexity index is 410. The van der Waals surface area contributed by atoms with E-state index in [4.69, 9.17) is 4.74 Å². The van der Waals surface area contributed by atoms with E-state index in [1.165, 1.54) is 37.1 Å². The standard InChI is InChI=1S/C19H31NO/c1-6-10-20(11-7-2)12-9-13-21-19-16(4)14-18(8-3)15-17(19)5/h8,14-15H,3,6-7,9-13H2,1-2,4-5H3. The third kappa shape index (κ3) is 5.92. The molecule has 1 aromatic carbocycles. The fourth-order valence-electron chi connectivity index (χ4n) is 2.76. The second kappa shape index (κ2) is 9.62. The molecule has 118 valence electrons. The van der Waals surface area contributed by atoms with Crippen LogP contribution in [-0.2, 0) is 0 Å². The summed E-state index contributed by atoms with van der Waals surface area (Å²) in [5.41, 5.74) is 3.56. The first-order valence-corrected chi connectivity index (χ1v) is 8.21. The summed E-state index contributed by atoms with van der Waals surface area (Å²) in [6.45, 7) is 16.8. The molecule has 0 saturated heterocycles. The molecular formula is C19H31NO. The predicted octanol–water partition coefficient (Wildman–Crippen LogP) is 4.84. The second-order valence-electron chi connectivity index (χ2n) is 5.73. The van der Waals surface area contributed by atoms with Crippen LogP contribution in [0.5, 0.6) is 5.75 Å².